The van der Waals surface area contributed by atoms with Crippen LogP contribution in [0.5, 0.6) is 0 Å². The summed E-state index contributed by atoms with van der Waals surface area (Å²) in [6.45, 7) is 4.92. The molecule has 0 aliphatic heterocycles. The number of nitrogens with two attached hydrogens (primary N) is 1. The van der Waals surface area contributed by atoms with Crippen molar-refractivity contribution >= 4 is 17.5 Å². The van der Waals surface area contributed by atoms with Crippen LogP contribution in [0.3, 0.4) is 0 Å². The number of amides is 1. The van der Waals surface area contributed by atoms with Crippen LogP contribution >= 0.6 is 11.6 Å². The molecular formula is C17H27ClN2O. The lowest BCUT2D eigenvalue weighted by Gasteiger charge is -2.24. The van der Waals surface area contributed by atoms with Crippen LogP contribution in [-0.4, -0.2) is 12.5 Å². The van der Waals surface area contributed by atoms with Crippen molar-refractivity contribution in [3.63, 3.8) is 0 Å². The minimum absolute atomic E-state index is 0.0322. The molecule has 0 saturated heterocycles. The lowest BCUT2D eigenvalue weighted by molar-refractivity contribution is -0.122. The summed E-state index contributed by atoms with van der Waals surface area (Å²) in [5.74, 6) is 0.396. The second kappa shape index (κ2) is 9.80. The van der Waals surface area contributed by atoms with Gasteiger partial charge in [-0.1, -0.05) is 56.5 Å². The molecule has 1 amide bonds. The Bertz CT molecular complexity index is 435. The Morgan fingerprint density at radius 1 is 1.19 bits per heavy atom. The first-order valence-electron chi connectivity index (χ1n) is 7.80. The topological polar surface area (TPSA) is 55.1 Å². The maximum absolute atomic E-state index is 12.1. The summed E-state index contributed by atoms with van der Waals surface area (Å²) in [4.78, 5) is 12.1. The highest BCUT2D eigenvalue weighted by molar-refractivity contribution is 6.31. The quantitative estimate of drug-likeness (QED) is 0.676. The molecule has 0 fully saturated rings. The molecule has 1 aromatic carbocycles. The normalized spacial score (nSPS) is 12.4. The van der Waals surface area contributed by atoms with E-state index in [-0.39, 0.29) is 11.9 Å². The number of halogens is 1. The van der Waals surface area contributed by atoms with Crippen LogP contribution in [0, 0.1) is 5.92 Å². The van der Waals surface area contributed by atoms with Gasteiger partial charge in [0.05, 0.1) is 6.04 Å². The number of unbranched alkanes of at least 4 members (excludes halogenated alkanes) is 3. The summed E-state index contributed by atoms with van der Waals surface area (Å²) >= 11 is 6.24. The molecular weight excluding hydrogens is 284 g/mol. The van der Waals surface area contributed by atoms with Crippen molar-refractivity contribution in [1.29, 1.82) is 0 Å². The van der Waals surface area contributed by atoms with Gasteiger partial charge in [0.2, 0.25) is 5.91 Å². The third-order valence-corrected chi connectivity index (χ3v) is 3.93. The van der Waals surface area contributed by atoms with Crippen LogP contribution in [0.2, 0.25) is 5.02 Å². The number of nitrogens with one attached hydrogen (secondary N) is 1. The summed E-state index contributed by atoms with van der Waals surface area (Å²) in [6.07, 6.45) is 4.68. The van der Waals surface area contributed by atoms with Crippen LogP contribution in [0.1, 0.15) is 57.6 Å². The summed E-state index contributed by atoms with van der Waals surface area (Å²) in [5, 5.41) is 3.82. The average Bonchev–Trinajstić information content (AvgIpc) is 2.45. The number of hydrogen-bond donors (Lipinski definition) is 2. The summed E-state index contributed by atoms with van der Waals surface area (Å²) < 4.78 is 0. The molecule has 1 unspecified atom stereocenters. The van der Waals surface area contributed by atoms with E-state index < -0.39 is 0 Å². The van der Waals surface area contributed by atoms with Crippen molar-refractivity contribution in [3.8, 4) is 0 Å². The molecule has 0 aromatic heterocycles. The number of rotatable bonds is 9. The smallest absolute Gasteiger partial charge is 0.220 e. The van der Waals surface area contributed by atoms with E-state index in [0.717, 1.165) is 37.8 Å². The fraction of sp³-hybridized carbons (Fsp3) is 0.588. The second-order valence-electron chi connectivity index (χ2n) is 5.76. The predicted octanol–water partition coefficient (Wildman–Crippen LogP) is 4.06. The van der Waals surface area contributed by atoms with Crippen molar-refractivity contribution in [2.45, 2.75) is 52.0 Å². The molecule has 0 heterocycles. The first-order valence-corrected chi connectivity index (χ1v) is 8.18. The molecule has 0 aliphatic carbocycles. The van der Waals surface area contributed by atoms with E-state index in [0.29, 0.717) is 17.4 Å². The van der Waals surface area contributed by atoms with E-state index in [4.69, 9.17) is 17.3 Å². The van der Waals surface area contributed by atoms with Gasteiger partial charge in [0, 0.05) is 11.4 Å². The van der Waals surface area contributed by atoms with Crippen molar-refractivity contribution in [3.05, 3.63) is 34.9 Å². The molecule has 0 saturated carbocycles. The number of carbonyl (C=O) groups is 1. The molecule has 4 heteroatoms. The van der Waals surface area contributed by atoms with E-state index in [2.05, 4.69) is 19.2 Å². The van der Waals surface area contributed by atoms with Gasteiger partial charge >= 0.3 is 0 Å². The van der Waals surface area contributed by atoms with Gasteiger partial charge in [0.25, 0.3) is 0 Å². The van der Waals surface area contributed by atoms with Gasteiger partial charge in [-0.05, 0) is 36.9 Å². The van der Waals surface area contributed by atoms with E-state index >= 15 is 0 Å². The zero-order valence-electron chi connectivity index (χ0n) is 13.1. The van der Waals surface area contributed by atoms with E-state index in [1.165, 1.54) is 0 Å². The Morgan fingerprint density at radius 3 is 2.48 bits per heavy atom. The maximum atomic E-state index is 12.1. The highest BCUT2D eigenvalue weighted by Gasteiger charge is 2.20. The molecule has 0 bridgehead atoms. The monoisotopic (exact) mass is 310 g/mol. The fourth-order valence-corrected chi connectivity index (χ4v) is 2.61. The third-order valence-electron chi connectivity index (χ3n) is 3.58. The van der Waals surface area contributed by atoms with Crippen LogP contribution < -0.4 is 11.1 Å². The predicted molar refractivity (Wildman–Crippen MR) is 89.3 cm³/mol. The average molecular weight is 311 g/mol. The third kappa shape index (κ3) is 6.49. The SMILES string of the molecule is CC(C)C(NC(=O)CCCCCCN)c1ccccc1Cl. The number of hydrogen-bond acceptors (Lipinski definition) is 2. The molecule has 21 heavy (non-hydrogen) atoms. The van der Waals surface area contributed by atoms with Gasteiger partial charge in [-0.3, -0.25) is 4.79 Å². The number of benzene rings is 1. The van der Waals surface area contributed by atoms with Crippen LogP contribution in [0.15, 0.2) is 24.3 Å². The van der Waals surface area contributed by atoms with Crippen LogP contribution in [-0.2, 0) is 4.79 Å². The second-order valence-corrected chi connectivity index (χ2v) is 6.17. The van der Waals surface area contributed by atoms with Gasteiger partial charge in [0.1, 0.15) is 0 Å². The van der Waals surface area contributed by atoms with Gasteiger partial charge in [-0.25, -0.2) is 0 Å². The van der Waals surface area contributed by atoms with Gasteiger partial charge in [-0.15, -0.1) is 0 Å². The summed E-state index contributed by atoms with van der Waals surface area (Å²) in [6, 6.07) is 7.67. The first kappa shape index (κ1) is 18.0. The largest absolute Gasteiger partial charge is 0.349 e. The Kier molecular flexibility index (Phi) is 8.40. The van der Waals surface area contributed by atoms with Crippen molar-refractivity contribution in [2.24, 2.45) is 11.7 Å². The van der Waals surface area contributed by atoms with Crippen molar-refractivity contribution in [1.82, 2.24) is 5.32 Å². The van der Waals surface area contributed by atoms with Crippen molar-refractivity contribution in [2.75, 3.05) is 6.54 Å². The van der Waals surface area contributed by atoms with Gasteiger partial charge in [0.15, 0.2) is 0 Å². The molecule has 1 aromatic rings. The Hall–Kier alpha value is -1.06. The zero-order chi connectivity index (χ0) is 15.7. The molecule has 3 nitrogen and oxygen atoms in total. The fourth-order valence-electron chi connectivity index (χ4n) is 2.36. The highest BCUT2D eigenvalue weighted by atomic mass is 35.5. The van der Waals surface area contributed by atoms with E-state index in [9.17, 15) is 4.79 Å². The Labute approximate surface area is 133 Å². The van der Waals surface area contributed by atoms with Crippen LogP contribution in [0.4, 0.5) is 0 Å². The molecule has 1 atom stereocenters. The van der Waals surface area contributed by atoms with E-state index in [1.807, 2.05) is 24.3 Å². The minimum atomic E-state index is -0.0322. The summed E-state index contributed by atoms with van der Waals surface area (Å²) in [7, 11) is 0. The van der Waals surface area contributed by atoms with Gasteiger partial charge < -0.3 is 11.1 Å². The first-order chi connectivity index (χ1) is 10.1. The molecule has 3 N–H and O–H groups in total. The maximum Gasteiger partial charge on any atom is 0.220 e. The molecule has 118 valence electrons. The standard InChI is InChI=1S/C17H27ClN2O/c1-13(2)17(14-9-6-7-10-15(14)18)20-16(21)11-5-3-4-8-12-19/h6-7,9-10,13,17H,3-5,8,11-12,19H2,1-2H3,(H,20,21). The van der Waals surface area contributed by atoms with Crippen molar-refractivity contribution < 1.29 is 4.79 Å². The molecule has 0 aliphatic rings. The molecule has 0 radical (unpaired) electrons. The molecule has 1 rings (SSSR count). The zero-order valence-corrected chi connectivity index (χ0v) is 13.8. The van der Waals surface area contributed by atoms with Crippen LogP contribution in [0.25, 0.3) is 0 Å². The lowest BCUT2D eigenvalue weighted by Crippen LogP contribution is -2.31. The Morgan fingerprint density at radius 2 is 1.86 bits per heavy atom. The Balaban J connectivity index is 2.52. The van der Waals surface area contributed by atoms with E-state index in [1.54, 1.807) is 0 Å². The van der Waals surface area contributed by atoms with Gasteiger partial charge in [-0.2, -0.15) is 0 Å². The number of carbonyl (C=O) groups excluding carboxylic acids is 1. The summed E-state index contributed by atoms with van der Waals surface area (Å²) in [5.41, 5.74) is 6.45. The molecule has 0 spiro atoms. The highest BCUT2D eigenvalue weighted by Crippen LogP contribution is 2.28. The minimum Gasteiger partial charge on any atom is -0.349 e. The lowest BCUT2D eigenvalue weighted by atomic mass is 9.95.